The molecule has 0 aliphatic heterocycles. The molecule has 6 nitrogen and oxygen atoms in total. The highest BCUT2D eigenvalue weighted by atomic mass is 16.5. The molecular formula is C17H20N2O4. The highest BCUT2D eigenvalue weighted by Crippen LogP contribution is 2.25. The fraction of sp³-hybridized carbons (Fsp3) is 0.294. The van der Waals surface area contributed by atoms with Crippen LogP contribution in [0.15, 0.2) is 42.6 Å². The maximum atomic E-state index is 11.1. The average molecular weight is 316 g/mol. The summed E-state index contributed by atoms with van der Waals surface area (Å²) in [6.45, 7) is 3.31. The molecule has 0 saturated carbocycles. The van der Waals surface area contributed by atoms with Gasteiger partial charge in [0.2, 0.25) is 0 Å². The van der Waals surface area contributed by atoms with Gasteiger partial charge in [0.05, 0.1) is 13.2 Å². The van der Waals surface area contributed by atoms with E-state index in [0.29, 0.717) is 31.3 Å². The molecule has 0 spiro atoms. The number of aromatic nitrogens is 1. The van der Waals surface area contributed by atoms with Crippen molar-refractivity contribution < 1.29 is 19.4 Å². The first-order valence-corrected chi connectivity index (χ1v) is 7.37. The van der Waals surface area contributed by atoms with Gasteiger partial charge in [-0.05, 0) is 31.2 Å². The van der Waals surface area contributed by atoms with E-state index < -0.39 is 5.97 Å². The Morgan fingerprint density at radius 2 is 2.09 bits per heavy atom. The lowest BCUT2D eigenvalue weighted by atomic mass is 10.2. The number of carboxylic acids is 1. The maximum Gasteiger partial charge on any atom is 0.339 e. The maximum absolute atomic E-state index is 11.1. The monoisotopic (exact) mass is 316 g/mol. The lowest BCUT2D eigenvalue weighted by molar-refractivity contribution is 0.0692. The van der Waals surface area contributed by atoms with Crippen molar-refractivity contribution in [1.29, 1.82) is 0 Å². The fourth-order valence-corrected chi connectivity index (χ4v) is 2.04. The Morgan fingerprint density at radius 3 is 2.74 bits per heavy atom. The van der Waals surface area contributed by atoms with Crippen LogP contribution in [-0.4, -0.2) is 42.9 Å². The van der Waals surface area contributed by atoms with Crippen molar-refractivity contribution in [1.82, 2.24) is 4.98 Å². The van der Waals surface area contributed by atoms with Crippen molar-refractivity contribution in [3.05, 3.63) is 48.2 Å². The largest absolute Gasteiger partial charge is 0.493 e. The number of hydrogen-bond acceptors (Lipinski definition) is 5. The van der Waals surface area contributed by atoms with Crippen molar-refractivity contribution in [3.8, 4) is 11.5 Å². The van der Waals surface area contributed by atoms with Crippen molar-refractivity contribution >= 4 is 11.8 Å². The molecule has 122 valence electrons. The Balaban J connectivity index is 1.95. The van der Waals surface area contributed by atoms with E-state index in [-0.39, 0.29) is 5.56 Å². The number of anilines is 1. The molecule has 23 heavy (non-hydrogen) atoms. The second kappa shape index (κ2) is 8.03. The predicted molar refractivity (Wildman–Crippen MR) is 87.6 cm³/mol. The number of aromatic carboxylic acids is 1. The number of benzene rings is 1. The quantitative estimate of drug-likeness (QED) is 0.807. The van der Waals surface area contributed by atoms with Crippen LogP contribution in [-0.2, 0) is 0 Å². The molecule has 0 amide bonds. The first-order chi connectivity index (χ1) is 11.1. The summed E-state index contributed by atoms with van der Waals surface area (Å²) in [4.78, 5) is 17.4. The Kier molecular flexibility index (Phi) is 5.80. The van der Waals surface area contributed by atoms with Gasteiger partial charge < -0.3 is 19.5 Å². The molecule has 0 aliphatic carbocycles. The van der Waals surface area contributed by atoms with Gasteiger partial charge in [-0.1, -0.05) is 6.07 Å². The number of hydrogen-bond donors (Lipinski definition) is 1. The zero-order chi connectivity index (χ0) is 16.7. The summed E-state index contributed by atoms with van der Waals surface area (Å²) in [6, 6.07) is 10.5. The minimum atomic E-state index is -1.02. The van der Waals surface area contributed by atoms with E-state index in [9.17, 15) is 4.79 Å². The van der Waals surface area contributed by atoms with Crippen molar-refractivity contribution in [2.75, 3.05) is 31.7 Å². The van der Waals surface area contributed by atoms with E-state index in [1.54, 1.807) is 25.3 Å². The van der Waals surface area contributed by atoms with Crippen LogP contribution in [0.2, 0.25) is 0 Å². The highest BCUT2D eigenvalue weighted by molar-refractivity contribution is 5.91. The molecule has 1 aromatic carbocycles. The molecule has 1 heterocycles. The van der Waals surface area contributed by atoms with Gasteiger partial charge in [-0.25, -0.2) is 9.78 Å². The van der Waals surface area contributed by atoms with E-state index in [1.165, 1.54) is 6.07 Å². The number of carboxylic acid groups (broad SMARTS) is 1. The standard InChI is InChI=1S/C17H20N2O4/c1-3-22-15-12-13(7-8-14(15)17(20)21)23-11-10-19(2)16-6-4-5-9-18-16/h4-9,12H,3,10-11H2,1-2H3,(H,20,21). The van der Waals surface area contributed by atoms with E-state index in [2.05, 4.69) is 4.98 Å². The number of likely N-dealkylation sites (N-methyl/N-ethyl adjacent to an activating group) is 1. The predicted octanol–water partition coefficient (Wildman–Crippen LogP) is 2.69. The molecule has 0 bridgehead atoms. The fourth-order valence-electron chi connectivity index (χ4n) is 2.04. The van der Waals surface area contributed by atoms with Gasteiger partial charge in [0.25, 0.3) is 0 Å². The molecule has 1 aromatic heterocycles. The molecule has 2 aromatic rings. The third kappa shape index (κ3) is 4.60. The Bertz CT molecular complexity index is 646. The molecule has 6 heteroatoms. The van der Waals surface area contributed by atoms with Gasteiger partial charge in [0, 0.05) is 19.3 Å². The molecule has 0 aliphatic rings. The molecule has 0 atom stereocenters. The number of ether oxygens (including phenoxy) is 2. The summed E-state index contributed by atoms with van der Waals surface area (Å²) in [6.07, 6.45) is 1.74. The van der Waals surface area contributed by atoms with Crippen LogP contribution in [0.3, 0.4) is 0 Å². The van der Waals surface area contributed by atoms with E-state index in [1.807, 2.05) is 30.1 Å². The van der Waals surface area contributed by atoms with E-state index in [4.69, 9.17) is 14.6 Å². The molecule has 2 rings (SSSR count). The highest BCUT2D eigenvalue weighted by Gasteiger charge is 2.12. The van der Waals surface area contributed by atoms with Crippen molar-refractivity contribution in [3.63, 3.8) is 0 Å². The van der Waals surface area contributed by atoms with E-state index in [0.717, 1.165) is 5.82 Å². The number of pyridine rings is 1. The topological polar surface area (TPSA) is 71.9 Å². The van der Waals surface area contributed by atoms with Gasteiger partial charge in [0.1, 0.15) is 29.5 Å². The SMILES string of the molecule is CCOc1cc(OCCN(C)c2ccccn2)ccc1C(=O)O. The molecule has 0 unspecified atom stereocenters. The van der Waals surface area contributed by atoms with Crippen LogP contribution >= 0.6 is 0 Å². The Hall–Kier alpha value is -2.76. The van der Waals surface area contributed by atoms with Crippen LogP contribution < -0.4 is 14.4 Å². The summed E-state index contributed by atoms with van der Waals surface area (Å²) in [7, 11) is 1.94. The van der Waals surface area contributed by atoms with Crippen LogP contribution in [0, 0.1) is 0 Å². The Morgan fingerprint density at radius 1 is 1.26 bits per heavy atom. The Labute approximate surface area is 135 Å². The molecule has 0 fully saturated rings. The summed E-state index contributed by atoms with van der Waals surface area (Å²) in [5.74, 6) is 0.741. The molecule has 1 N–H and O–H groups in total. The zero-order valence-corrected chi connectivity index (χ0v) is 13.2. The normalized spacial score (nSPS) is 10.2. The number of rotatable bonds is 8. The average Bonchev–Trinajstić information content (AvgIpc) is 2.56. The van der Waals surface area contributed by atoms with Gasteiger partial charge in [-0.2, -0.15) is 0 Å². The van der Waals surface area contributed by atoms with Gasteiger partial charge in [-0.15, -0.1) is 0 Å². The smallest absolute Gasteiger partial charge is 0.339 e. The summed E-state index contributed by atoms with van der Waals surface area (Å²) in [5, 5.41) is 9.12. The second-order valence-corrected chi connectivity index (χ2v) is 4.85. The second-order valence-electron chi connectivity index (χ2n) is 4.85. The van der Waals surface area contributed by atoms with E-state index >= 15 is 0 Å². The molecule has 0 saturated heterocycles. The summed E-state index contributed by atoms with van der Waals surface area (Å²) >= 11 is 0. The first kappa shape index (κ1) is 16.6. The van der Waals surface area contributed by atoms with Crippen LogP contribution in [0.25, 0.3) is 0 Å². The minimum Gasteiger partial charge on any atom is -0.493 e. The lowest BCUT2D eigenvalue weighted by Crippen LogP contribution is -2.24. The first-order valence-electron chi connectivity index (χ1n) is 7.37. The summed E-state index contributed by atoms with van der Waals surface area (Å²) in [5.41, 5.74) is 0.129. The van der Waals surface area contributed by atoms with Crippen LogP contribution in [0.5, 0.6) is 11.5 Å². The molecular weight excluding hydrogens is 296 g/mol. The minimum absolute atomic E-state index is 0.129. The van der Waals surface area contributed by atoms with Crippen molar-refractivity contribution in [2.24, 2.45) is 0 Å². The number of carbonyl (C=O) groups is 1. The summed E-state index contributed by atoms with van der Waals surface area (Å²) < 4.78 is 11.0. The van der Waals surface area contributed by atoms with Gasteiger partial charge in [0.15, 0.2) is 0 Å². The van der Waals surface area contributed by atoms with Crippen molar-refractivity contribution in [2.45, 2.75) is 6.92 Å². The number of nitrogens with zero attached hydrogens (tertiary/aromatic N) is 2. The van der Waals surface area contributed by atoms with Gasteiger partial charge >= 0.3 is 5.97 Å². The molecule has 0 radical (unpaired) electrons. The van der Waals surface area contributed by atoms with Crippen LogP contribution in [0.1, 0.15) is 17.3 Å². The van der Waals surface area contributed by atoms with Gasteiger partial charge in [-0.3, -0.25) is 0 Å². The zero-order valence-electron chi connectivity index (χ0n) is 13.2. The van der Waals surface area contributed by atoms with Crippen LogP contribution in [0.4, 0.5) is 5.82 Å². The third-order valence-corrected chi connectivity index (χ3v) is 3.22. The lowest BCUT2D eigenvalue weighted by Gasteiger charge is -2.18. The third-order valence-electron chi connectivity index (χ3n) is 3.22.